The van der Waals surface area contributed by atoms with Gasteiger partial charge in [-0.25, -0.2) is 8.78 Å². The van der Waals surface area contributed by atoms with E-state index in [0.29, 0.717) is 13.1 Å². The predicted molar refractivity (Wildman–Crippen MR) is 68.8 cm³/mol. The minimum atomic E-state index is -0.808. The molecule has 2 rings (SSSR count). The summed E-state index contributed by atoms with van der Waals surface area (Å²) in [6.07, 6.45) is 0.776. The summed E-state index contributed by atoms with van der Waals surface area (Å²) in [5.41, 5.74) is 5.61. The molecule has 1 aromatic rings. The van der Waals surface area contributed by atoms with Gasteiger partial charge in [0, 0.05) is 19.1 Å². The molecule has 1 fully saturated rings. The van der Waals surface area contributed by atoms with Crippen LogP contribution in [-0.4, -0.2) is 29.9 Å². The zero-order valence-electron chi connectivity index (χ0n) is 11.1. The molecule has 0 saturated carbocycles. The van der Waals surface area contributed by atoms with E-state index >= 15 is 0 Å². The molecule has 3 nitrogen and oxygen atoms in total. The molecule has 1 aliphatic rings. The Kier molecular flexibility index (Phi) is 3.85. The van der Waals surface area contributed by atoms with Gasteiger partial charge in [-0.1, -0.05) is 6.07 Å². The Morgan fingerprint density at radius 1 is 1.47 bits per heavy atom. The summed E-state index contributed by atoms with van der Waals surface area (Å²) < 4.78 is 27.6. The van der Waals surface area contributed by atoms with Crippen LogP contribution in [0.1, 0.15) is 29.3 Å². The first-order valence-electron chi connectivity index (χ1n) is 6.41. The van der Waals surface area contributed by atoms with E-state index in [1.807, 2.05) is 6.92 Å². The van der Waals surface area contributed by atoms with Crippen molar-refractivity contribution in [1.82, 2.24) is 4.90 Å². The van der Waals surface area contributed by atoms with Crippen molar-refractivity contribution < 1.29 is 13.6 Å². The second-order valence-corrected chi connectivity index (χ2v) is 5.21. The van der Waals surface area contributed by atoms with Crippen molar-refractivity contribution in [1.29, 1.82) is 0 Å². The fourth-order valence-electron chi connectivity index (χ4n) is 2.41. The van der Waals surface area contributed by atoms with Gasteiger partial charge in [-0.05, 0) is 37.8 Å². The van der Waals surface area contributed by atoms with Crippen LogP contribution < -0.4 is 5.73 Å². The highest BCUT2D eigenvalue weighted by molar-refractivity contribution is 5.95. The van der Waals surface area contributed by atoms with Gasteiger partial charge in [-0.3, -0.25) is 4.79 Å². The zero-order valence-corrected chi connectivity index (χ0v) is 11.1. The third-order valence-electron chi connectivity index (χ3n) is 3.75. The molecule has 0 radical (unpaired) electrons. The molecule has 19 heavy (non-hydrogen) atoms. The molecule has 2 unspecified atom stereocenters. The lowest BCUT2D eigenvalue weighted by Gasteiger charge is -2.19. The maximum Gasteiger partial charge on any atom is 0.259 e. The fraction of sp³-hybridized carbons (Fsp3) is 0.500. The Balaban J connectivity index is 2.24. The summed E-state index contributed by atoms with van der Waals surface area (Å²) in [5.74, 6) is -1.96. The van der Waals surface area contributed by atoms with Gasteiger partial charge in [0.1, 0.15) is 17.2 Å². The average molecular weight is 268 g/mol. The number of carbonyl (C=O) groups is 1. The molecular formula is C14H18F2N2O. The number of nitrogens with two attached hydrogens (primary N) is 1. The molecule has 5 heteroatoms. The van der Waals surface area contributed by atoms with Gasteiger partial charge in [0.15, 0.2) is 0 Å². The molecule has 0 bridgehead atoms. The number of carbonyl (C=O) groups excluding carboxylic acids is 1. The number of hydrogen-bond acceptors (Lipinski definition) is 2. The van der Waals surface area contributed by atoms with E-state index < -0.39 is 23.1 Å². The van der Waals surface area contributed by atoms with E-state index in [-0.39, 0.29) is 17.5 Å². The van der Waals surface area contributed by atoms with E-state index in [0.717, 1.165) is 12.5 Å². The summed E-state index contributed by atoms with van der Waals surface area (Å²) in [6, 6.07) is 2.44. The number of rotatable bonds is 2. The van der Waals surface area contributed by atoms with Gasteiger partial charge in [-0.2, -0.15) is 0 Å². The zero-order chi connectivity index (χ0) is 14.2. The quantitative estimate of drug-likeness (QED) is 0.892. The first-order chi connectivity index (χ1) is 8.91. The molecule has 0 aliphatic carbocycles. The SMILES string of the molecule is Cc1ccc(F)c(C(=O)N2CCC(C(C)N)C2)c1F. The Labute approximate surface area is 111 Å². The highest BCUT2D eigenvalue weighted by atomic mass is 19.1. The molecule has 2 atom stereocenters. The van der Waals surface area contributed by atoms with Crippen LogP contribution in [0, 0.1) is 24.5 Å². The molecule has 0 spiro atoms. The maximum absolute atomic E-state index is 13.9. The minimum Gasteiger partial charge on any atom is -0.338 e. The topological polar surface area (TPSA) is 46.3 Å². The number of amides is 1. The van der Waals surface area contributed by atoms with Gasteiger partial charge >= 0.3 is 0 Å². The van der Waals surface area contributed by atoms with Crippen LogP contribution >= 0.6 is 0 Å². The standard InChI is InChI=1S/C14H18F2N2O/c1-8-3-4-11(15)12(13(8)16)14(19)18-6-5-10(7-18)9(2)17/h3-4,9-10H,5-7,17H2,1-2H3. The Hall–Kier alpha value is -1.49. The van der Waals surface area contributed by atoms with E-state index in [1.165, 1.54) is 17.9 Å². The van der Waals surface area contributed by atoms with Crippen molar-refractivity contribution >= 4 is 5.91 Å². The molecule has 1 aliphatic heterocycles. The number of nitrogens with zero attached hydrogens (tertiary/aromatic N) is 1. The van der Waals surface area contributed by atoms with Crippen LogP contribution in [0.2, 0.25) is 0 Å². The van der Waals surface area contributed by atoms with Crippen LogP contribution in [0.3, 0.4) is 0 Å². The molecule has 1 heterocycles. The van der Waals surface area contributed by atoms with Crippen molar-refractivity contribution in [2.24, 2.45) is 11.7 Å². The average Bonchev–Trinajstić information content (AvgIpc) is 2.84. The lowest BCUT2D eigenvalue weighted by Crippen LogP contribution is -2.34. The van der Waals surface area contributed by atoms with E-state index in [4.69, 9.17) is 5.73 Å². The monoisotopic (exact) mass is 268 g/mol. The summed E-state index contributed by atoms with van der Waals surface area (Å²) in [7, 11) is 0. The lowest BCUT2D eigenvalue weighted by molar-refractivity contribution is 0.0776. The van der Waals surface area contributed by atoms with Gasteiger partial charge in [0.05, 0.1) is 0 Å². The third kappa shape index (κ3) is 2.61. The Morgan fingerprint density at radius 2 is 2.16 bits per heavy atom. The number of likely N-dealkylation sites (tertiary alicyclic amines) is 1. The summed E-state index contributed by atoms with van der Waals surface area (Å²) in [4.78, 5) is 13.7. The Bertz CT molecular complexity index is 502. The van der Waals surface area contributed by atoms with Gasteiger partial charge in [-0.15, -0.1) is 0 Å². The normalized spacial score (nSPS) is 20.7. The third-order valence-corrected chi connectivity index (χ3v) is 3.75. The second kappa shape index (κ2) is 5.25. The predicted octanol–water partition coefficient (Wildman–Crippen LogP) is 2.08. The van der Waals surface area contributed by atoms with E-state index in [9.17, 15) is 13.6 Å². The molecular weight excluding hydrogens is 250 g/mol. The Morgan fingerprint density at radius 3 is 2.74 bits per heavy atom. The first kappa shape index (κ1) is 13.9. The van der Waals surface area contributed by atoms with Gasteiger partial charge in [0.25, 0.3) is 5.91 Å². The van der Waals surface area contributed by atoms with Crippen LogP contribution in [0.25, 0.3) is 0 Å². The summed E-state index contributed by atoms with van der Waals surface area (Å²) in [5, 5.41) is 0. The molecule has 104 valence electrons. The van der Waals surface area contributed by atoms with Crippen molar-refractivity contribution in [2.45, 2.75) is 26.3 Å². The maximum atomic E-state index is 13.9. The lowest BCUT2D eigenvalue weighted by atomic mass is 10.0. The van der Waals surface area contributed by atoms with Crippen LogP contribution in [0.15, 0.2) is 12.1 Å². The second-order valence-electron chi connectivity index (χ2n) is 5.21. The van der Waals surface area contributed by atoms with Gasteiger partial charge < -0.3 is 10.6 Å². The summed E-state index contributed by atoms with van der Waals surface area (Å²) >= 11 is 0. The van der Waals surface area contributed by atoms with E-state index in [1.54, 1.807) is 0 Å². The highest BCUT2D eigenvalue weighted by Gasteiger charge is 2.31. The fourth-order valence-corrected chi connectivity index (χ4v) is 2.41. The van der Waals surface area contributed by atoms with Crippen LogP contribution in [0.4, 0.5) is 8.78 Å². The minimum absolute atomic E-state index is 0.0231. The number of hydrogen-bond donors (Lipinski definition) is 1. The van der Waals surface area contributed by atoms with E-state index in [2.05, 4.69) is 0 Å². The molecule has 2 N–H and O–H groups in total. The molecule has 0 aromatic heterocycles. The largest absolute Gasteiger partial charge is 0.338 e. The van der Waals surface area contributed by atoms with Crippen molar-refractivity contribution in [3.8, 4) is 0 Å². The summed E-state index contributed by atoms with van der Waals surface area (Å²) in [6.45, 7) is 4.36. The van der Waals surface area contributed by atoms with Crippen LogP contribution in [0.5, 0.6) is 0 Å². The number of aryl methyl sites for hydroxylation is 1. The van der Waals surface area contributed by atoms with Crippen molar-refractivity contribution in [3.05, 3.63) is 34.9 Å². The molecule has 1 aromatic carbocycles. The smallest absolute Gasteiger partial charge is 0.259 e. The number of halogens is 2. The molecule has 1 saturated heterocycles. The molecule has 1 amide bonds. The highest BCUT2D eigenvalue weighted by Crippen LogP contribution is 2.24. The first-order valence-corrected chi connectivity index (χ1v) is 6.41. The van der Waals surface area contributed by atoms with Gasteiger partial charge in [0.2, 0.25) is 0 Å². The van der Waals surface area contributed by atoms with Crippen LogP contribution in [-0.2, 0) is 0 Å². The van der Waals surface area contributed by atoms with Crippen molar-refractivity contribution in [2.75, 3.05) is 13.1 Å². The number of benzene rings is 1. The van der Waals surface area contributed by atoms with Crippen molar-refractivity contribution in [3.63, 3.8) is 0 Å².